The van der Waals surface area contributed by atoms with E-state index in [1.807, 2.05) is 0 Å². The van der Waals surface area contributed by atoms with E-state index in [1.165, 1.54) is 9.80 Å². The van der Waals surface area contributed by atoms with E-state index in [0.29, 0.717) is 0 Å². The topological polar surface area (TPSA) is 71.0 Å². The quantitative estimate of drug-likeness (QED) is 0.296. The van der Waals surface area contributed by atoms with Gasteiger partial charge in [0.15, 0.2) is 0 Å². The number of amidine groups is 1. The average molecular weight is 173 g/mol. The van der Waals surface area contributed by atoms with Gasteiger partial charge in [-0.2, -0.15) is 5.10 Å². The fourth-order valence-corrected chi connectivity index (χ4v) is 0.296. The summed E-state index contributed by atoms with van der Waals surface area (Å²) in [5, 5.41) is 14.1. The van der Waals surface area contributed by atoms with Crippen molar-refractivity contribution < 1.29 is 9.90 Å². The van der Waals surface area contributed by atoms with Crippen LogP contribution in [0.1, 0.15) is 0 Å². The molecule has 0 radical (unpaired) electrons. The molecule has 0 spiro atoms. The van der Waals surface area contributed by atoms with E-state index in [0.717, 1.165) is 0 Å². The van der Waals surface area contributed by atoms with E-state index in [9.17, 15) is 9.90 Å². The minimum absolute atomic E-state index is 0.426. The molecule has 12 heavy (non-hydrogen) atoms. The molecule has 0 bridgehead atoms. The molecule has 0 aliphatic carbocycles. The Morgan fingerprint density at radius 1 is 1.25 bits per heavy atom. The van der Waals surface area contributed by atoms with Crippen molar-refractivity contribution in [2.24, 2.45) is 5.10 Å². The van der Waals surface area contributed by atoms with Crippen LogP contribution < -0.4 is 10.5 Å². The lowest BCUT2D eigenvalue weighted by Crippen LogP contribution is -2.39. The number of carbonyl (C=O) groups is 1. The summed E-state index contributed by atoms with van der Waals surface area (Å²) in [7, 11) is 6.22. The van der Waals surface area contributed by atoms with Crippen LogP contribution in [0.3, 0.4) is 0 Å². The van der Waals surface area contributed by atoms with E-state index in [4.69, 9.17) is 0 Å². The summed E-state index contributed by atoms with van der Waals surface area (Å²) in [5.41, 5.74) is 2.08. The molecule has 0 rings (SSSR count). The highest BCUT2D eigenvalue weighted by molar-refractivity contribution is 5.76. The molecule has 0 heterocycles. The minimum atomic E-state index is -0.495. The zero-order valence-electron chi connectivity index (χ0n) is 7.66. The van der Waals surface area contributed by atoms with Crippen molar-refractivity contribution >= 4 is 12.1 Å². The summed E-state index contributed by atoms with van der Waals surface area (Å²) >= 11 is 0. The van der Waals surface area contributed by atoms with Crippen LogP contribution in [0.15, 0.2) is 5.10 Å². The summed E-state index contributed by atoms with van der Waals surface area (Å²) < 4.78 is 0. The number of carbonyl (C=O) groups excluding carboxylic acids is 1. The summed E-state index contributed by atoms with van der Waals surface area (Å²) in [6.07, 6.45) is 0. The Hall–Kier alpha value is -1.46. The highest BCUT2D eigenvalue weighted by Gasteiger charge is 1.99. The predicted molar refractivity (Wildman–Crippen MR) is 43.3 cm³/mol. The molecular weight excluding hydrogens is 160 g/mol. The first-order valence-corrected chi connectivity index (χ1v) is 3.34. The van der Waals surface area contributed by atoms with Crippen LogP contribution in [0, 0.1) is 0 Å². The van der Waals surface area contributed by atoms with Gasteiger partial charge in [-0.3, -0.25) is 0 Å². The maximum absolute atomic E-state index is 10.8. The fourth-order valence-electron chi connectivity index (χ4n) is 0.296. The predicted octanol–water partition coefficient (Wildman–Crippen LogP) is -1.55. The van der Waals surface area contributed by atoms with Crippen LogP contribution in [-0.4, -0.2) is 50.0 Å². The number of nitrogens with one attached hydrogen (secondary N) is 1. The third-order valence-electron chi connectivity index (χ3n) is 1.04. The molecular formula is C6H13N4O2-. The van der Waals surface area contributed by atoms with Crippen molar-refractivity contribution in [3.63, 3.8) is 0 Å². The molecule has 6 heteroatoms. The van der Waals surface area contributed by atoms with Crippen LogP contribution in [0.5, 0.6) is 0 Å². The first-order valence-electron chi connectivity index (χ1n) is 3.34. The Bertz CT molecular complexity index is 188. The number of rotatable bonds is 1. The Morgan fingerprint density at radius 3 is 2.08 bits per heavy atom. The Balaban J connectivity index is 3.96. The monoisotopic (exact) mass is 173 g/mol. The molecule has 0 aromatic carbocycles. The molecule has 70 valence electrons. The number of hydrogen-bond acceptors (Lipinski definition) is 3. The van der Waals surface area contributed by atoms with Gasteiger partial charge in [-0.25, -0.2) is 10.2 Å². The lowest BCUT2D eigenvalue weighted by molar-refractivity contribution is -0.232. The highest BCUT2D eigenvalue weighted by Crippen LogP contribution is 1.77. The third-order valence-corrected chi connectivity index (χ3v) is 1.04. The van der Waals surface area contributed by atoms with Crippen molar-refractivity contribution in [2.75, 3.05) is 28.2 Å². The maximum Gasteiger partial charge on any atom is 0.337 e. The van der Waals surface area contributed by atoms with Crippen molar-refractivity contribution in [2.45, 2.75) is 0 Å². The van der Waals surface area contributed by atoms with E-state index in [1.54, 1.807) is 28.2 Å². The van der Waals surface area contributed by atoms with Crippen LogP contribution in [0.4, 0.5) is 4.79 Å². The number of hydrogen-bond donors (Lipinski definition) is 1. The van der Waals surface area contributed by atoms with Gasteiger partial charge in [0.25, 0.3) is 0 Å². The smallest absolute Gasteiger partial charge is 0.337 e. The fraction of sp³-hybridized carbons (Fsp3) is 0.667. The van der Waals surface area contributed by atoms with Gasteiger partial charge in [0.2, 0.25) is 0 Å². The van der Waals surface area contributed by atoms with Gasteiger partial charge in [0.1, 0.15) is 0 Å². The van der Waals surface area contributed by atoms with Crippen LogP contribution in [0.2, 0.25) is 0 Å². The standard InChI is InChI=1S/C6H14N4O2/c1-9(2)5(11)7-8-6(12)10(3)4/h1-4H3,(H,7,11)(H,8,12)/p-1. The van der Waals surface area contributed by atoms with Crippen LogP contribution in [0.25, 0.3) is 0 Å². The summed E-state index contributed by atoms with van der Waals surface area (Å²) in [5.74, 6) is 0. The number of urea groups is 1. The summed E-state index contributed by atoms with van der Waals surface area (Å²) in [6.45, 7) is 0. The molecule has 0 fully saturated rings. The van der Waals surface area contributed by atoms with Crippen molar-refractivity contribution in [3.05, 3.63) is 0 Å². The van der Waals surface area contributed by atoms with E-state index < -0.39 is 12.1 Å². The van der Waals surface area contributed by atoms with Gasteiger partial charge in [-0.05, 0) is 0 Å². The second kappa shape index (κ2) is 4.42. The summed E-state index contributed by atoms with van der Waals surface area (Å²) in [6, 6.07) is -0.921. The maximum atomic E-state index is 10.8. The molecule has 0 aromatic heterocycles. The molecule has 2 amide bonds. The second-order valence-corrected chi connectivity index (χ2v) is 2.60. The third kappa shape index (κ3) is 3.65. The van der Waals surface area contributed by atoms with Crippen LogP contribution in [-0.2, 0) is 0 Å². The van der Waals surface area contributed by atoms with E-state index in [-0.39, 0.29) is 0 Å². The lowest BCUT2D eigenvalue weighted by atomic mass is 10.8. The van der Waals surface area contributed by atoms with Gasteiger partial charge in [0.05, 0.1) is 6.02 Å². The molecule has 0 unspecified atom stereocenters. The Labute approximate surface area is 71.5 Å². The number of hydrazone groups is 1. The zero-order valence-corrected chi connectivity index (χ0v) is 7.66. The normalized spacial score (nSPS) is 10.8. The van der Waals surface area contributed by atoms with E-state index >= 15 is 0 Å². The second-order valence-electron chi connectivity index (χ2n) is 2.60. The first-order chi connectivity index (χ1) is 5.45. The van der Waals surface area contributed by atoms with Gasteiger partial charge < -0.3 is 14.9 Å². The largest absolute Gasteiger partial charge is 0.845 e. The van der Waals surface area contributed by atoms with Crippen molar-refractivity contribution in [1.29, 1.82) is 0 Å². The average Bonchev–Trinajstić information content (AvgIpc) is 1.98. The highest BCUT2D eigenvalue weighted by atomic mass is 16.3. The van der Waals surface area contributed by atoms with E-state index in [2.05, 4.69) is 10.5 Å². The SMILES string of the molecule is CN(C)C(=O)N/N=C(\[O-])N(C)C. The van der Waals surface area contributed by atoms with Gasteiger partial charge >= 0.3 is 6.03 Å². The molecule has 0 aromatic rings. The molecule has 0 aliphatic heterocycles. The molecule has 1 N–H and O–H groups in total. The molecule has 0 saturated carbocycles. The molecule has 6 nitrogen and oxygen atoms in total. The Morgan fingerprint density at radius 2 is 1.75 bits per heavy atom. The number of amides is 2. The summed E-state index contributed by atoms with van der Waals surface area (Å²) in [4.78, 5) is 13.4. The van der Waals surface area contributed by atoms with Crippen molar-refractivity contribution in [3.8, 4) is 0 Å². The first kappa shape index (κ1) is 10.5. The van der Waals surface area contributed by atoms with Gasteiger partial charge in [0, 0.05) is 28.2 Å². The molecule has 0 saturated heterocycles. The number of nitrogens with zero attached hydrogens (tertiary/aromatic N) is 3. The lowest BCUT2D eigenvalue weighted by Gasteiger charge is -2.19. The molecule has 0 atom stereocenters. The van der Waals surface area contributed by atoms with Gasteiger partial charge in [-0.1, -0.05) is 0 Å². The Kier molecular flexibility index (Phi) is 3.89. The minimum Gasteiger partial charge on any atom is -0.845 e. The zero-order chi connectivity index (χ0) is 9.72. The molecule has 0 aliphatic rings. The van der Waals surface area contributed by atoms with Crippen molar-refractivity contribution in [1.82, 2.24) is 15.2 Å². The van der Waals surface area contributed by atoms with Gasteiger partial charge in [-0.15, -0.1) is 0 Å². The van der Waals surface area contributed by atoms with Crippen LogP contribution >= 0.6 is 0 Å².